The average molecular weight is 422 g/mol. The van der Waals surface area contributed by atoms with Crippen LogP contribution >= 0.6 is 0 Å². The fraction of sp³-hybridized carbons (Fsp3) is 0.333. The number of methoxy groups -OCH3 is 1. The van der Waals surface area contributed by atoms with Crippen molar-refractivity contribution in [1.82, 2.24) is 19.9 Å². The van der Waals surface area contributed by atoms with E-state index in [0.29, 0.717) is 22.8 Å². The summed E-state index contributed by atoms with van der Waals surface area (Å²) in [5.41, 5.74) is 9.11. The molecule has 0 bridgehead atoms. The van der Waals surface area contributed by atoms with Crippen LogP contribution in [0.2, 0.25) is 0 Å². The van der Waals surface area contributed by atoms with Gasteiger partial charge in [-0.1, -0.05) is 13.0 Å². The largest absolute Gasteiger partial charge is 0.494 e. The quantitative estimate of drug-likeness (QED) is 0.228. The first-order valence-corrected chi connectivity index (χ1v) is 10.1. The van der Waals surface area contributed by atoms with Gasteiger partial charge in [0.2, 0.25) is 5.91 Å². The van der Waals surface area contributed by atoms with E-state index in [1.807, 2.05) is 25.1 Å². The topological polar surface area (TPSA) is 137 Å². The lowest BCUT2D eigenvalue weighted by atomic mass is 10.1. The zero-order chi connectivity index (χ0) is 22.1. The highest BCUT2D eigenvalue weighted by Crippen LogP contribution is 2.33. The van der Waals surface area contributed by atoms with E-state index in [1.54, 1.807) is 31.1 Å². The molecule has 10 nitrogen and oxygen atoms in total. The van der Waals surface area contributed by atoms with Crippen molar-refractivity contribution in [2.75, 3.05) is 19.5 Å². The standard InChI is InChI=1S/C21H26N8O2/c1-4-15-14-11-24-18(25-21(30)12-8-9-12)10-17(14)29(26-15)16-7-5-6-13(19(16)31-3)20(22)27-28(2)23/h5-7,10-12H,4,8-9,23H2,1-3H3,(H2,22,27)(H,24,25,30). The van der Waals surface area contributed by atoms with Crippen molar-refractivity contribution >= 4 is 28.5 Å². The highest BCUT2D eigenvalue weighted by atomic mass is 16.5. The number of aryl methyl sites for hydroxylation is 1. The molecule has 0 aliphatic heterocycles. The zero-order valence-corrected chi connectivity index (χ0v) is 17.8. The summed E-state index contributed by atoms with van der Waals surface area (Å²) in [5, 5.41) is 13.8. The van der Waals surface area contributed by atoms with Crippen molar-refractivity contribution in [2.45, 2.75) is 26.2 Å². The number of ether oxygens (including phenoxy) is 1. The second-order valence-corrected chi connectivity index (χ2v) is 7.48. The molecule has 1 aromatic carbocycles. The number of aromatic nitrogens is 3. The summed E-state index contributed by atoms with van der Waals surface area (Å²) in [6, 6.07) is 7.37. The minimum atomic E-state index is 0.00287. The third kappa shape index (κ3) is 4.02. The van der Waals surface area contributed by atoms with Crippen LogP contribution in [0.25, 0.3) is 16.6 Å². The molecule has 0 spiro atoms. The first kappa shape index (κ1) is 20.6. The van der Waals surface area contributed by atoms with Crippen LogP contribution in [0.4, 0.5) is 5.82 Å². The van der Waals surface area contributed by atoms with Gasteiger partial charge in [0, 0.05) is 30.6 Å². The van der Waals surface area contributed by atoms with Crippen LogP contribution in [0.1, 0.15) is 31.0 Å². The van der Waals surface area contributed by atoms with Gasteiger partial charge in [-0.3, -0.25) is 4.79 Å². The van der Waals surface area contributed by atoms with E-state index in [4.69, 9.17) is 21.4 Å². The number of pyridine rings is 1. The highest BCUT2D eigenvalue weighted by molar-refractivity contribution is 6.01. The smallest absolute Gasteiger partial charge is 0.228 e. The SMILES string of the molecule is CCc1nn(-c2cccc(/C(N)=N/N(C)N)c2OC)c2cc(NC(=O)C3CC3)ncc12. The fourth-order valence-electron chi connectivity index (χ4n) is 3.49. The molecule has 2 aromatic heterocycles. The van der Waals surface area contributed by atoms with Crippen molar-refractivity contribution in [1.29, 1.82) is 0 Å². The first-order chi connectivity index (χ1) is 14.9. The Kier molecular flexibility index (Phi) is 5.47. The van der Waals surface area contributed by atoms with E-state index >= 15 is 0 Å². The number of amides is 1. The maximum Gasteiger partial charge on any atom is 0.228 e. The number of hydrazine groups is 1. The molecule has 10 heteroatoms. The van der Waals surface area contributed by atoms with Gasteiger partial charge >= 0.3 is 0 Å². The lowest BCUT2D eigenvalue weighted by Gasteiger charge is -2.15. The number of hydrogen-bond donors (Lipinski definition) is 3. The summed E-state index contributed by atoms with van der Waals surface area (Å²) < 4.78 is 7.48. The number of carbonyl (C=O) groups excluding carboxylic acids is 1. The lowest BCUT2D eigenvalue weighted by Crippen LogP contribution is -2.26. The van der Waals surface area contributed by atoms with Gasteiger partial charge in [0.25, 0.3) is 0 Å². The molecule has 31 heavy (non-hydrogen) atoms. The third-order valence-corrected chi connectivity index (χ3v) is 5.14. The van der Waals surface area contributed by atoms with E-state index in [0.717, 1.165) is 41.0 Å². The van der Waals surface area contributed by atoms with Gasteiger partial charge in [0.1, 0.15) is 11.5 Å². The van der Waals surface area contributed by atoms with E-state index in [1.165, 1.54) is 0 Å². The van der Waals surface area contributed by atoms with E-state index in [-0.39, 0.29) is 17.7 Å². The number of para-hydroxylation sites is 1. The fourth-order valence-corrected chi connectivity index (χ4v) is 3.49. The molecule has 162 valence electrons. The van der Waals surface area contributed by atoms with Crippen molar-refractivity contribution < 1.29 is 9.53 Å². The molecule has 1 amide bonds. The number of nitrogens with zero attached hydrogens (tertiary/aromatic N) is 5. The van der Waals surface area contributed by atoms with Crippen LogP contribution < -0.4 is 21.6 Å². The lowest BCUT2D eigenvalue weighted by molar-refractivity contribution is -0.117. The Morgan fingerprint density at radius 1 is 1.42 bits per heavy atom. The number of amidine groups is 1. The van der Waals surface area contributed by atoms with Gasteiger partial charge in [-0.2, -0.15) is 5.10 Å². The molecular formula is C21H26N8O2. The van der Waals surface area contributed by atoms with Crippen LogP contribution in [-0.4, -0.2) is 45.8 Å². The summed E-state index contributed by atoms with van der Waals surface area (Å²) >= 11 is 0. The number of hydrogen-bond acceptors (Lipinski definition) is 7. The molecule has 3 aromatic rings. The first-order valence-electron chi connectivity index (χ1n) is 10.1. The van der Waals surface area contributed by atoms with E-state index in [9.17, 15) is 4.79 Å². The number of carbonyl (C=O) groups is 1. The zero-order valence-electron chi connectivity index (χ0n) is 17.8. The van der Waals surface area contributed by atoms with Crippen LogP contribution in [0.3, 0.4) is 0 Å². The molecule has 1 aliphatic carbocycles. The van der Waals surface area contributed by atoms with Crippen molar-refractivity contribution in [3.63, 3.8) is 0 Å². The number of benzene rings is 1. The second kappa shape index (κ2) is 8.23. The van der Waals surface area contributed by atoms with Gasteiger partial charge in [0.15, 0.2) is 11.6 Å². The summed E-state index contributed by atoms with van der Waals surface area (Å²) in [4.78, 5) is 16.6. The average Bonchev–Trinajstić information content (AvgIpc) is 3.54. The molecule has 1 saturated carbocycles. The number of rotatable bonds is 7. The molecule has 0 radical (unpaired) electrons. The molecule has 0 atom stereocenters. The number of nitrogens with one attached hydrogen (secondary N) is 1. The molecule has 4 rings (SSSR count). The third-order valence-electron chi connectivity index (χ3n) is 5.14. The molecule has 1 fully saturated rings. The second-order valence-electron chi connectivity index (χ2n) is 7.48. The predicted octanol–water partition coefficient (Wildman–Crippen LogP) is 1.77. The van der Waals surface area contributed by atoms with Gasteiger partial charge in [-0.25, -0.2) is 20.6 Å². The van der Waals surface area contributed by atoms with Crippen LogP contribution in [0.5, 0.6) is 5.75 Å². The van der Waals surface area contributed by atoms with Gasteiger partial charge in [-0.15, -0.1) is 5.10 Å². The molecular weight excluding hydrogens is 396 g/mol. The van der Waals surface area contributed by atoms with Gasteiger partial charge in [-0.05, 0) is 31.4 Å². The normalized spacial score (nSPS) is 14.0. The number of anilines is 1. The number of nitrogens with two attached hydrogens (primary N) is 2. The van der Waals surface area contributed by atoms with Crippen molar-refractivity contribution in [3.8, 4) is 11.4 Å². The number of fused-ring (bicyclic) bond motifs is 1. The summed E-state index contributed by atoms with van der Waals surface area (Å²) in [5.74, 6) is 6.93. The monoisotopic (exact) mass is 422 g/mol. The van der Waals surface area contributed by atoms with Crippen LogP contribution in [-0.2, 0) is 11.2 Å². The number of hydrazone groups is 1. The summed E-state index contributed by atoms with van der Waals surface area (Å²) in [7, 11) is 3.15. The molecule has 5 N–H and O–H groups in total. The van der Waals surface area contributed by atoms with E-state index in [2.05, 4.69) is 15.4 Å². The predicted molar refractivity (Wildman–Crippen MR) is 119 cm³/mol. The van der Waals surface area contributed by atoms with E-state index < -0.39 is 0 Å². The summed E-state index contributed by atoms with van der Waals surface area (Å²) in [6.45, 7) is 2.03. The Morgan fingerprint density at radius 2 is 2.19 bits per heavy atom. The maximum absolute atomic E-state index is 12.2. The van der Waals surface area contributed by atoms with Gasteiger partial charge in [0.05, 0.1) is 23.9 Å². The van der Waals surface area contributed by atoms with Crippen LogP contribution in [0, 0.1) is 5.92 Å². The Balaban J connectivity index is 1.85. The van der Waals surface area contributed by atoms with Crippen molar-refractivity contribution in [2.24, 2.45) is 22.6 Å². The summed E-state index contributed by atoms with van der Waals surface area (Å²) in [6.07, 6.45) is 4.33. The molecule has 1 aliphatic rings. The Morgan fingerprint density at radius 3 is 2.84 bits per heavy atom. The maximum atomic E-state index is 12.2. The minimum Gasteiger partial charge on any atom is -0.494 e. The Labute approximate surface area is 179 Å². The van der Waals surface area contributed by atoms with Crippen molar-refractivity contribution in [3.05, 3.63) is 41.7 Å². The Bertz CT molecular complexity index is 1160. The van der Waals surface area contributed by atoms with Crippen LogP contribution in [0.15, 0.2) is 35.6 Å². The molecule has 2 heterocycles. The highest BCUT2D eigenvalue weighted by Gasteiger charge is 2.30. The molecule has 0 unspecified atom stereocenters. The van der Waals surface area contributed by atoms with Gasteiger partial charge < -0.3 is 15.8 Å². The Hall–Kier alpha value is -3.66. The minimum absolute atomic E-state index is 0.00287. The molecule has 0 saturated heterocycles.